The molecule has 0 atom stereocenters. The van der Waals surface area contributed by atoms with E-state index in [1.54, 1.807) is 0 Å². The molecular formula is C7H7IN2O2. The molecular weight excluding hydrogens is 271 g/mol. The van der Waals surface area contributed by atoms with E-state index in [2.05, 4.69) is 0 Å². The van der Waals surface area contributed by atoms with Crippen molar-refractivity contribution in [3.05, 3.63) is 27.3 Å². The standard InChI is InChI=1S/C7H7IN2O2/c8-6-3-4(11)1-2-5(6)7(12)10-9/h1-3,11H,9H2,(H,10,12). The van der Waals surface area contributed by atoms with Crippen LogP contribution >= 0.6 is 22.6 Å². The van der Waals surface area contributed by atoms with Crippen LogP contribution in [0.1, 0.15) is 10.4 Å². The Bertz CT molecular complexity index is 314. The number of hydrogen-bond donors (Lipinski definition) is 3. The summed E-state index contributed by atoms with van der Waals surface area (Å²) in [6, 6.07) is 4.44. The maximum Gasteiger partial charge on any atom is 0.266 e. The van der Waals surface area contributed by atoms with Gasteiger partial charge in [0.25, 0.3) is 5.91 Å². The van der Waals surface area contributed by atoms with Crippen molar-refractivity contribution in [2.75, 3.05) is 0 Å². The first-order valence-electron chi connectivity index (χ1n) is 3.14. The molecule has 0 heterocycles. The Labute approximate surface area is 82.9 Å². The summed E-state index contributed by atoms with van der Waals surface area (Å²) in [4.78, 5) is 11.0. The van der Waals surface area contributed by atoms with E-state index in [9.17, 15) is 4.79 Å². The van der Waals surface area contributed by atoms with Gasteiger partial charge in [-0.1, -0.05) is 0 Å². The van der Waals surface area contributed by atoms with Crippen LogP contribution in [0.4, 0.5) is 0 Å². The SMILES string of the molecule is NNC(=O)c1ccc(O)cc1I. The molecule has 0 saturated heterocycles. The van der Waals surface area contributed by atoms with E-state index in [0.29, 0.717) is 9.13 Å². The van der Waals surface area contributed by atoms with E-state index in [1.807, 2.05) is 28.0 Å². The number of hydrazine groups is 1. The van der Waals surface area contributed by atoms with Crippen LogP contribution in [0.25, 0.3) is 0 Å². The molecule has 0 aliphatic carbocycles. The van der Waals surface area contributed by atoms with Crippen LogP contribution in [0, 0.1) is 3.57 Å². The Hall–Kier alpha value is -0.820. The fraction of sp³-hybridized carbons (Fsp3) is 0. The molecule has 4 nitrogen and oxygen atoms in total. The predicted octanol–water partition coefficient (Wildman–Crippen LogP) is 0.600. The second-order valence-corrected chi connectivity index (χ2v) is 3.30. The summed E-state index contributed by atoms with van der Waals surface area (Å²) in [5.41, 5.74) is 2.47. The maximum absolute atomic E-state index is 11.0. The van der Waals surface area contributed by atoms with E-state index in [4.69, 9.17) is 10.9 Å². The number of aromatic hydroxyl groups is 1. The zero-order valence-electron chi connectivity index (χ0n) is 6.04. The van der Waals surface area contributed by atoms with Gasteiger partial charge < -0.3 is 5.11 Å². The molecule has 12 heavy (non-hydrogen) atoms. The van der Waals surface area contributed by atoms with Crippen molar-refractivity contribution < 1.29 is 9.90 Å². The number of carbonyl (C=O) groups excluding carboxylic acids is 1. The molecule has 0 saturated carbocycles. The monoisotopic (exact) mass is 278 g/mol. The number of amides is 1. The quantitative estimate of drug-likeness (QED) is 0.305. The van der Waals surface area contributed by atoms with Gasteiger partial charge in [-0.05, 0) is 40.8 Å². The highest BCUT2D eigenvalue weighted by Crippen LogP contribution is 2.17. The first kappa shape index (κ1) is 9.27. The lowest BCUT2D eigenvalue weighted by molar-refractivity contribution is 0.0953. The van der Waals surface area contributed by atoms with Crippen molar-refractivity contribution in [1.82, 2.24) is 5.43 Å². The van der Waals surface area contributed by atoms with Gasteiger partial charge in [0.05, 0.1) is 5.56 Å². The highest BCUT2D eigenvalue weighted by molar-refractivity contribution is 14.1. The number of nitrogens with one attached hydrogen (secondary N) is 1. The second kappa shape index (κ2) is 3.72. The molecule has 64 valence electrons. The number of halogens is 1. The van der Waals surface area contributed by atoms with Gasteiger partial charge >= 0.3 is 0 Å². The van der Waals surface area contributed by atoms with Crippen molar-refractivity contribution in [3.8, 4) is 5.75 Å². The minimum atomic E-state index is -0.362. The third kappa shape index (κ3) is 1.86. The number of nitrogens with two attached hydrogens (primary N) is 1. The normalized spacial score (nSPS) is 9.50. The number of rotatable bonds is 1. The zero-order chi connectivity index (χ0) is 9.14. The Morgan fingerprint density at radius 2 is 2.25 bits per heavy atom. The van der Waals surface area contributed by atoms with Gasteiger partial charge in [-0.15, -0.1) is 0 Å². The van der Waals surface area contributed by atoms with Gasteiger partial charge in [-0.25, -0.2) is 5.84 Å². The molecule has 0 bridgehead atoms. The van der Waals surface area contributed by atoms with Crippen LogP contribution in [-0.4, -0.2) is 11.0 Å². The van der Waals surface area contributed by atoms with Crippen molar-refractivity contribution >= 4 is 28.5 Å². The number of hydrogen-bond acceptors (Lipinski definition) is 3. The smallest absolute Gasteiger partial charge is 0.266 e. The van der Waals surface area contributed by atoms with Crippen LogP contribution in [0.2, 0.25) is 0 Å². The molecule has 1 aromatic rings. The molecule has 0 aliphatic rings. The number of benzene rings is 1. The Morgan fingerprint density at radius 1 is 1.58 bits per heavy atom. The van der Waals surface area contributed by atoms with E-state index in [0.717, 1.165) is 0 Å². The molecule has 0 unspecified atom stereocenters. The van der Waals surface area contributed by atoms with E-state index < -0.39 is 0 Å². The Balaban J connectivity index is 3.09. The molecule has 5 heteroatoms. The third-order valence-corrected chi connectivity index (χ3v) is 2.22. The summed E-state index contributed by atoms with van der Waals surface area (Å²) in [6.07, 6.45) is 0. The van der Waals surface area contributed by atoms with Crippen LogP contribution < -0.4 is 11.3 Å². The molecule has 0 spiro atoms. The molecule has 0 aromatic heterocycles. The minimum absolute atomic E-state index is 0.132. The second-order valence-electron chi connectivity index (χ2n) is 2.14. The van der Waals surface area contributed by atoms with Crippen LogP contribution in [-0.2, 0) is 0 Å². The number of phenols is 1. The van der Waals surface area contributed by atoms with Crippen LogP contribution in [0.15, 0.2) is 18.2 Å². The summed E-state index contributed by atoms with van der Waals surface area (Å²) in [5, 5.41) is 9.02. The zero-order valence-corrected chi connectivity index (χ0v) is 8.20. The molecule has 0 radical (unpaired) electrons. The van der Waals surface area contributed by atoms with Gasteiger partial charge in [-0.3, -0.25) is 10.2 Å². The Morgan fingerprint density at radius 3 is 2.75 bits per heavy atom. The minimum Gasteiger partial charge on any atom is -0.508 e. The lowest BCUT2D eigenvalue weighted by Crippen LogP contribution is -2.30. The summed E-state index contributed by atoms with van der Waals surface area (Å²) >= 11 is 1.95. The predicted molar refractivity (Wildman–Crippen MR) is 52.5 cm³/mol. The van der Waals surface area contributed by atoms with Gasteiger partial charge in [0.2, 0.25) is 0 Å². The van der Waals surface area contributed by atoms with Crippen LogP contribution in [0.5, 0.6) is 5.75 Å². The lowest BCUT2D eigenvalue weighted by Gasteiger charge is -2.02. The highest BCUT2D eigenvalue weighted by atomic mass is 127. The van der Waals surface area contributed by atoms with E-state index in [1.165, 1.54) is 18.2 Å². The highest BCUT2D eigenvalue weighted by Gasteiger charge is 2.07. The number of carbonyl (C=O) groups is 1. The number of nitrogen functional groups attached to an aromatic ring is 1. The maximum atomic E-state index is 11.0. The summed E-state index contributed by atoms with van der Waals surface area (Å²) in [5.74, 6) is 4.72. The fourth-order valence-corrected chi connectivity index (χ4v) is 1.51. The Kier molecular flexibility index (Phi) is 2.88. The summed E-state index contributed by atoms with van der Waals surface area (Å²) in [7, 11) is 0. The first-order chi connectivity index (χ1) is 5.65. The molecule has 1 aromatic carbocycles. The molecule has 0 fully saturated rings. The number of phenolic OH excluding ortho intramolecular Hbond substituents is 1. The molecule has 0 aliphatic heterocycles. The molecule has 1 rings (SSSR count). The lowest BCUT2D eigenvalue weighted by atomic mass is 10.2. The van der Waals surface area contributed by atoms with Crippen molar-refractivity contribution in [2.45, 2.75) is 0 Å². The molecule has 4 N–H and O–H groups in total. The van der Waals surface area contributed by atoms with Gasteiger partial charge in [0, 0.05) is 3.57 Å². The van der Waals surface area contributed by atoms with Gasteiger partial charge in [-0.2, -0.15) is 0 Å². The summed E-state index contributed by atoms with van der Waals surface area (Å²) in [6.45, 7) is 0. The van der Waals surface area contributed by atoms with Crippen molar-refractivity contribution in [2.24, 2.45) is 5.84 Å². The van der Waals surface area contributed by atoms with Gasteiger partial charge in [0.15, 0.2) is 0 Å². The third-order valence-electron chi connectivity index (χ3n) is 1.33. The van der Waals surface area contributed by atoms with E-state index in [-0.39, 0.29) is 11.7 Å². The first-order valence-corrected chi connectivity index (χ1v) is 4.22. The topological polar surface area (TPSA) is 75.3 Å². The van der Waals surface area contributed by atoms with Crippen molar-refractivity contribution in [3.63, 3.8) is 0 Å². The largest absolute Gasteiger partial charge is 0.508 e. The average Bonchev–Trinajstić information content (AvgIpc) is 2.03. The van der Waals surface area contributed by atoms with Gasteiger partial charge in [0.1, 0.15) is 5.75 Å². The summed E-state index contributed by atoms with van der Waals surface area (Å²) < 4.78 is 0.663. The fourth-order valence-electron chi connectivity index (χ4n) is 0.766. The van der Waals surface area contributed by atoms with Crippen molar-refractivity contribution in [1.29, 1.82) is 0 Å². The average molecular weight is 278 g/mol. The van der Waals surface area contributed by atoms with Crippen LogP contribution in [0.3, 0.4) is 0 Å². The van der Waals surface area contributed by atoms with E-state index >= 15 is 0 Å². The molecule has 1 amide bonds.